The second kappa shape index (κ2) is 8.67. The van der Waals surface area contributed by atoms with E-state index in [4.69, 9.17) is 11.6 Å². The Kier molecular flexibility index (Phi) is 6.06. The Balaban J connectivity index is 1.55. The number of halogens is 1. The Morgan fingerprint density at radius 3 is 2.64 bits per heavy atom. The third-order valence-electron chi connectivity index (χ3n) is 4.29. The number of benzene rings is 2. The molecule has 2 amide bonds. The quantitative estimate of drug-likeness (QED) is 0.690. The van der Waals surface area contributed by atoms with Gasteiger partial charge in [0.05, 0.1) is 27.9 Å². The van der Waals surface area contributed by atoms with Gasteiger partial charge in [0.15, 0.2) is 0 Å². The van der Waals surface area contributed by atoms with Crippen LogP contribution in [0, 0.1) is 0 Å². The van der Waals surface area contributed by atoms with Crippen LogP contribution in [0.25, 0.3) is 10.9 Å². The topological polar surface area (TPSA) is 84.3 Å². The molecule has 2 aromatic carbocycles. The first kappa shape index (κ1) is 19.6. The first-order valence-electron chi connectivity index (χ1n) is 8.69. The van der Waals surface area contributed by atoms with Crippen LogP contribution < -0.4 is 15.8 Å². The fourth-order valence-corrected chi connectivity index (χ4v) is 3.03. The summed E-state index contributed by atoms with van der Waals surface area (Å²) in [4.78, 5) is 42.4. The third kappa shape index (κ3) is 4.37. The predicted molar refractivity (Wildman–Crippen MR) is 108 cm³/mol. The van der Waals surface area contributed by atoms with Crippen LogP contribution in [0.15, 0.2) is 59.7 Å². The normalized spacial score (nSPS) is 10.6. The van der Waals surface area contributed by atoms with E-state index < -0.39 is 0 Å². The summed E-state index contributed by atoms with van der Waals surface area (Å²) in [5.41, 5.74) is 0.905. The van der Waals surface area contributed by atoms with Crippen LogP contribution in [0.3, 0.4) is 0 Å². The van der Waals surface area contributed by atoms with Crippen molar-refractivity contribution in [2.45, 2.75) is 13.0 Å². The standard InChI is InChI=1S/C20H19ClN4O3/c1-24(17-9-5-3-7-15(17)21)19(27)10-11-22-18(26)12-25-13-23-16-8-4-2-6-14(16)20(25)28/h2-9,13H,10-12H2,1H3,(H,22,26). The summed E-state index contributed by atoms with van der Waals surface area (Å²) in [6, 6.07) is 14.0. The molecule has 1 heterocycles. The molecule has 3 rings (SSSR count). The molecular formula is C20H19ClN4O3. The summed E-state index contributed by atoms with van der Waals surface area (Å²) >= 11 is 6.09. The van der Waals surface area contributed by atoms with Gasteiger partial charge < -0.3 is 10.2 Å². The van der Waals surface area contributed by atoms with Crippen LogP contribution in [-0.4, -0.2) is 35.0 Å². The lowest BCUT2D eigenvalue weighted by Gasteiger charge is -2.18. The SMILES string of the molecule is CN(C(=O)CCNC(=O)Cn1cnc2ccccc2c1=O)c1ccccc1Cl. The summed E-state index contributed by atoms with van der Waals surface area (Å²) in [5, 5.41) is 3.58. The molecule has 0 bridgehead atoms. The third-order valence-corrected chi connectivity index (χ3v) is 4.61. The number of nitrogens with zero attached hydrogens (tertiary/aromatic N) is 3. The van der Waals surface area contributed by atoms with Crippen molar-refractivity contribution in [3.8, 4) is 0 Å². The number of carbonyl (C=O) groups is 2. The number of nitrogens with one attached hydrogen (secondary N) is 1. The van der Waals surface area contributed by atoms with E-state index in [0.717, 1.165) is 0 Å². The second-order valence-electron chi connectivity index (χ2n) is 6.20. The summed E-state index contributed by atoms with van der Waals surface area (Å²) in [6.07, 6.45) is 1.46. The van der Waals surface area contributed by atoms with Crippen LogP contribution in [0.2, 0.25) is 5.02 Å². The number of para-hydroxylation sites is 2. The van der Waals surface area contributed by atoms with E-state index in [9.17, 15) is 14.4 Å². The van der Waals surface area contributed by atoms with Crippen LogP contribution in [0.5, 0.6) is 0 Å². The van der Waals surface area contributed by atoms with Crippen molar-refractivity contribution in [2.75, 3.05) is 18.5 Å². The Hall–Kier alpha value is -3.19. The van der Waals surface area contributed by atoms with E-state index in [1.165, 1.54) is 15.8 Å². The van der Waals surface area contributed by atoms with Crippen LogP contribution in [0.4, 0.5) is 5.69 Å². The largest absolute Gasteiger partial charge is 0.354 e. The number of aromatic nitrogens is 2. The minimum Gasteiger partial charge on any atom is -0.354 e. The lowest BCUT2D eigenvalue weighted by atomic mass is 10.2. The van der Waals surface area contributed by atoms with Crippen molar-refractivity contribution in [3.05, 3.63) is 70.2 Å². The molecule has 0 aliphatic heterocycles. The molecule has 1 aromatic heterocycles. The van der Waals surface area contributed by atoms with Crippen LogP contribution >= 0.6 is 11.6 Å². The second-order valence-corrected chi connectivity index (χ2v) is 6.61. The van der Waals surface area contributed by atoms with Gasteiger partial charge in [-0.1, -0.05) is 35.9 Å². The molecule has 0 atom stereocenters. The fourth-order valence-electron chi connectivity index (χ4n) is 2.76. The van der Waals surface area contributed by atoms with Gasteiger partial charge in [-0.25, -0.2) is 4.98 Å². The average molecular weight is 399 g/mol. The summed E-state index contributed by atoms with van der Waals surface area (Å²) in [5.74, 6) is -0.551. The first-order chi connectivity index (χ1) is 13.5. The Morgan fingerprint density at radius 2 is 1.86 bits per heavy atom. The number of fused-ring (bicyclic) bond motifs is 1. The Labute approximate surface area is 166 Å². The molecule has 28 heavy (non-hydrogen) atoms. The van der Waals surface area contributed by atoms with Crippen molar-refractivity contribution in [1.29, 1.82) is 0 Å². The molecule has 0 spiro atoms. The average Bonchev–Trinajstić information content (AvgIpc) is 2.70. The maximum Gasteiger partial charge on any atom is 0.261 e. The van der Waals surface area contributed by atoms with Gasteiger partial charge in [0.1, 0.15) is 6.54 Å². The molecule has 8 heteroatoms. The first-order valence-corrected chi connectivity index (χ1v) is 9.07. The van der Waals surface area contributed by atoms with Gasteiger partial charge in [0.2, 0.25) is 11.8 Å². The zero-order valence-corrected chi connectivity index (χ0v) is 16.0. The van der Waals surface area contributed by atoms with Crippen molar-refractivity contribution in [1.82, 2.24) is 14.9 Å². The monoisotopic (exact) mass is 398 g/mol. The van der Waals surface area contributed by atoms with E-state index in [1.807, 2.05) is 0 Å². The highest BCUT2D eigenvalue weighted by atomic mass is 35.5. The highest BCUT2D eigenvalue weighted by Crippen LogP contribution is 2.24. The van der Waals surface area contributed by atoms with Crippen molar-refractivity contribution >= 4 is 40.0 Å². The Bertz CT molecular complexity index is 1080. The van der Waals surface area contributed by atoms with Crippen molar-refractivity contribution in [3.63, 3.8) is 0 Å². The van der Waals surface area contributed by atoms with E-state index in [-0.39, 0.29) is 36.9 Å². The molecule has 0 saturated carbocycles. The summed E-state index contributed by atoms with van der Waals surface area (Å²) < 4.78 is 1.25. The molecule has 0 aliphatic carbocycles. The van der Waals surface area contributed by atoms with Crippen LogP contribution in [-0.2, 0) is 16.1 Å². The maximum atomic E-state index is 12.4. The van der Waals surface area contributed by atoms with E-state index in [0.29, 0.717) is 21.6 Å². The molecule has 0 saturated heterocycles. The number of anilines is 1. The smallest absolute Gasteiger partial charge is 0.261 e. The number of hydrogen-bond acceptors (Lipinski definition) is 4. The van der Waals surface area contributed by atoms with Gasteiger partial charge in [0.25, 0.3) is 5.56 Å². The van der Waals surface area contributed by atoms with E-state index in [2.05, 4.69) is 10.3 Å². The van der Waals surface area contributed by atoms with E-state index in [1.54, 1.807) is 55.6 Å². The highest BCUT2D eigenvalue weighted by Gasteiger charge is 2.14. The van der Waals surface area contributed by atoms with Crippen LogP contribution in [0.1, 0.15) is 6.42 Å². The Morgan fingerprint density at radius 1 is 1.14 bits per heavy atom. The fraction of sp³-hybridized carbons (Fsp3) is 0.200. The minimum atomic E-state index is -0.368. The summed E-state index contributed by atoms with van der Waals surface area (Å²) in [6.45, 7) is -0.00652. The van der Waals surface area contributed by atoms with Crippen molar-refractivity contribution in [2.24, 2.45) is 0 Å². The summed E-state index contributed by atoms with van der Waals surface area (Å²) in [7, 11) is 1.63. The van der Waals surface area contributed by atoms with Gasteiger partial charge in [-0.3, -0.25) is 19.0 Å². The highest BCUT2D eigenvalue weighted by molar-refractivity contribution is 6.33. The predicted octanol–water partition coefficient (Wildman–Crippen LogP) is 2.22. The van der Waals surface area contributed by atoms with Gasteiger partial charge >= 0.3 is 0 Å². The molecule has 0 fully saturated rings. The van der Waals surface area contributed by atoms with E-state index >= 15 is 0 Å². The lowest BCUT2D eigenvalue weighted by molar-refractivity contribution is -0.122. The molecule has 7 nitrogen and oxygen atoms in total. The number of carbonyl (C=O) groups excluding carboxylic acids is 2. The van der Waals surface area contributed by atoms with Gasteiger partial charge in [0, 0.05) is 20.0 Å². The lowest BCUT2D eigenvalue weighted by Crippen LogP contribution is -2.35. The van der Waals surface area contributed by atoms with Crippen molar-refractivity contribution < 1.29 is 9.59 Å². The molecule has 3 aromatic rings. The molecular weight excluding hydrogens is 380 g/mol. The minimum absolute atomic E-state index is 0.109. The number of hydrogen-bond donors (Lipinski definition) is 1. The zero-order valence-electron chi connectivity index (χ0n) is 15.3. The number of amides is 2. The van der Waals surface area contributed by atoms with Gasteiger partial charge in [-0.05, 0) is 24.3 Å². The van der Waals surface area contributed by atoms with Gasteiger partial charge in [-0.15, -0.1) is 0 Å². The zero-order chi connectivity index (χ0) is 20.1. The maximum absolute atomic E-state index is 12.4. The molecule has 0 aliphatic rings. The molecule has 1 N–H and O–H groups in total. The number of rotatable bonds is 6. The molecule has 0 unspecified atom stereocenters. The van der Waals surface area contributed by atoms with Gasteiger partial charge in [-0.2, -0.15) is 0 Å². The molecule has 0 radical (unpaired) electrons. The molecule has 144 valence electrons.